The Morgan fingerprint density at radius 3 is 2.36 bits per heavy atom. The van der Waals surface area contributed by atoms with E-state index >= 15 is 0 Å². The van der Waals surface area contributed by atoms with Crippen LogP contribution in [0.15, 0.2) is 30.3 Å². The fourth-order valence-electron chi connectivity index (χ4n) is 3.02. The number of esters is 1. The van der Waals surface area contributed by atoms with Crippen molar-refractivity contribution in [2.24, 2.45) is 11.8 Å². The number of carbonyl (C=O) groups excluding carboxylic acids is 1. The van der Waals surface area contributed by atoms with Crippen molar-refractivity contribution in [3.63, 3.8) is 0 Å². The summed E-state index contributed by atoms with van der Waals surface area (Å²) in [6.07, 6.45) is 2.11. The van der Waals surface area contributed by atoms with E-state index in [2.05, 4.69) is 50.8 Å². The number of cyclic esters (lactones) is 1. The number of ether oxygens (including phenoxy) is 1. The van der Waals surface area contributed by atoms with E-state index in [1.54, 1.807) is 0 Å². The van der Waals surface area contributed by atoms with Crippen molar-refractivity contribution < 1.29 is 14.0 Å². The Bertz CT molecular complexity index is 495. The fraction of sp³-hybridized carbons (Fsp3) is 0.611. The van der Waals surface area contributed by atoms with E-state index in [1.807, 2.05) is 13.0 Å². The van der Waals surface area contributed by atoms with Gasteiger partial charge in [0, 0.05) is 5.92 Å². The molecule has 0 spiro atoms. The van der Waals surface area contributed by atoms with Gasteiger partial charge in [0.25, 0.3) is 0 Å². The number of rotatable bonds is 7. The van der Waals surface area contributed by atoms with Gasteiger partial charge >= 0.3 is 5.97 Å². The number of hydrogen-bond acceptors (Lipinski definition) is 3. The molecule has 1 aromatic carbocycles. The van der Waals surface area contributed by atoms with Crippen molar-refractivity contribution in [2.75, 3.05) is 0 Å². The van der Waals surface area contributed by atoms with Gasteiger partial charge < -0.3 is 9.16 Å². The van der Waals surface area contributed by atoms with Gasteiger partial charge in [0.2, 0.25) is 0 Å². The summed E-state index contributed by atoms with van der Waals surface area (Å²) in [6, 6.07) is 10.5. The molecule has 1 heterocycles. The Kier molecular flexibility index (Phi) is 5.45. The molecule has 22 heavy (non-hydrogen) atoms. The first-order chi connectivity index (χ1) is 10.3. The second-order valence-corrected chi connectivity index (χ2v) is 11.8. The molecule has 3 nitrogen and oxygen atoms in total. The van der Waals surface area contributed by atoms with Crippen LogP contribution in [0.5, 0.6) is 0 Å². The lowest BCUT2D eigenvalue weighted by Gasteiger charge is -2.41. The molecule has 1 aliphatic heterocycles. The lowest BCUT2D eigenvalue weighted by atomic mass is 9.83. The molecule has 1 saturated heterocycles. The largest absolute Gasteiger partial charge is 0.461 e. The van der Waals surface area contributed by atoms with Gasteiger partial charge in [-0.25, -0.2) is 0 Å². The molecule has 4 atom stereocenters. The van der Waals surface area contributed by atoms with Gasteiger partial charge in [-0.3, -0.25) is 4.79 Å². The molecule has 1 aromatic rings. The van der Waals surface area contributed by atoms with Gasteiger partial charge in [-0.15, -0.1) is 0 Å². The standard InChI is InChI=1S/C18H28O3Si/c1-13(17-14(2)18(19)20-17)16(21-22(3,4)5)12-11-15-9-7-6-8-10-15/h6-10,13-14,16-17H,11-12H2,1-5H3/t13-,14+,16-,17-/m0/s1. The molecular formula is C18H28O3Si. The topological polar surface area (TPSA) is 35.5 Å². The highest BCUT2D eigenvalue weighted by molar-refractivity contribution is 6.69. The van der Waals surface area contributed by atoms with E-state index in [-0.39, 0.29) is 30.0 Å². The summed E-state index contributed by atoms with van der Waals surface area (Å²) in [6.45, 7) is 10.8. The van der Waals surface area contributed by atoms with Crippen LogP contribution in [-0.4, -0.2) is 26.5 Å². The predicted octanol–water partition coefficient (Wildman–Crippen LogP) is 4.04. The second kappa shape index (κ2) is 6.96. The molecule has 1 aliphatic rings. The second-order valence-electron chi connectivity index (χ2n) is 7.34. The van der Waals surface area contributed by atoms with Gasteiger partial charge in [0.15, 0.2) is 8.32 Å². The Labute approximate surface area is 135 Å². The molecule has 0 amide bonds. The van der Waals surface area contributed by atoms with Crippen molar-refractivity contribution in [3.05, 3.63) is 35.9 Å². The number of carbonyl (C=O) groups is 1. The lowest BCUT2D eigenvalue weighted by Crippen LogP contribution is -2.52. The van der Waals surface area contributed by atoms with Crippen molar-refractivity contribution in [1.82, 2.24) is 0 Å². The van der Waals surface area contributed by atoms with Gasteiger partial charge in [0.05, 0.1) is 12.0 Å². The first-order valence-electron chi connectivity index (χ1n) is 8.20. The van der Waals surface area contributed by atoms with Crippen molar-refractivity contribution in [2.45, 2.75) is 58.5 Å². The van der Waals surface area contributed by atoms with Crippen LogP contribution in [0.2, 0.25) is 19.6 Å². The highest BCUT2D eigenvalue weighted by atomic mass is 28.4. The third-order valence-electron chi connectivity index (χ3n) is 4.29. The van der Waals surface area contributed by atoms with Crippen LogP contribution >= 0.6 is 0 Å². The normalized spacial score (nSPS) is 24.3. The van der Waals surface area contributed by atoms with E-state index in [9.17, 15) is 4.79 Å². The minimum absolute atomic E-state index is 0.000500. The Morgan fingerprint density at radius 1 is 1.23 bits per heavy atom. The molecule has 2 rings (SSSR count). The molecule has 0 bridgehead atoms. The van der Waals surface area contributed by atoms with E-state index in [1.165, 1.54) is 5.56 Å². The number of benzene rings is 1. The molecule has 0 N–H and O–H groups in total. The smallest absolute Gasteiger partial charge is 0.312 e. The van der Waals surface area contributed by atoms with Crippen LogP contribution < -0.4 is 0 Å². The highest BCUT2D eigenvalue weighted by Gasteiger charge is 2.45. The number of hydrogen-bond donors (Lipinski definition) is 0. The quantitative estimate of drug-likeness (QED) is 0.562. The van der Waals surface area contributed by atoms with Crippen LogP contribution in [0.4, 0.5) is 0 Å². The average Bonchev–Trinajstić information content (AvgIpc) is 2.48. The summed E-state index contributed by atoms with van der Waals surface area (Å²) in [5.41, 5.74) is 1.33. The molecule has 0 aromatic heterocycles. The molecule has 4 heteroatoms. The van der Waals surface area contributed by atoms with E-state index in [0.29, 0.717) is 0 Å². The van der Waals surface area contributed by atoms with E-state index in [0.717, 1.165) is 12.8 Å². The highest BCUT2D eigenvalue weighted by Crippen LogP contribution is 2.33. The maximum absolute atomic E-state index is 11.4. The van der Waals surface area contributed by atoms with Gasteiger partial charge in [-0.2, -0.15) is 0 Å². The monoisotopic (exact) mass is 320 g/mol. The summed E-state index contributed by atoms with van der Waals surface area (Å²) in [5, 5.41) is 0. The van der Waals surface area contributed by atoms with Crippen molar-refractivity contribution in [1.29, 1.82) is 0 Å². The molecule has 122 valence electrons. The Morgan fingerprint density at radius 2 is 1.86 bits per heavy atom. The minimum atomic E-state index is -1.64. The SMILES string of the molecule is C[C@H]([C@@H]1OC(=O)[C@@H]1C)[C@H](CCc1ccccc1)O[Si](C)(C)C. The lowest BCUT2D eigenvalue weighted by molar-refractivity contribution is -0.193. The van der Waals surface area contributed by atoms with Crippen LogP contribution in [0.1, 0.15) is 25.8 Å². The van der Waals surface area contributed by atoms with Gasteiger partial charge in [0.1, 0.15) is 6.10 Å². The molecule has 0 radical (unpaired) electrons. The summed E-state index contributed by atoms with van der Waals surface area (Å²) in [7, 11) is -1.64. The van der Waals surface area contributed by atoms with Gasteiger partial charge in [-0.1, -0.05) is 37.3 Å². The molecule has 0 aliphatic carbocycles. The molecule has 0 unspecified atom stereocenters. The first kappa shape index (κ1) is 17.2. The third kappa shape index (κ3) is 4.43. The zero-order chi connectivity index (χ0) is 16.3. The maximum Gasteiger partial charge on any atom is 0.312 e. The van der Waals surface area contributed by atoms with Gasteiger partial charge in [-0.05, 0) is 45.0 Å². The summed E-state index contributed by atoms with van der Waals surface area (Å²) < 4.78 is 11.8. The van der Waals surface area contributed by atoms with Crippen molar-refractivity contribution in [3.8, 4) is 0 Å². The predicted molar refractivity (Wildman–Crippen MR) is 91.2 cm³/mol. The Hall–Kier alpha value is -1.13. The zero-order valence-electron chi connectivity index (χ0n) is 14.3. The molecular weight excluding hydrogens is 292 g/mol. The first-order valence-corrected chi connectivity index (χ1v) is 11.6. The zero-order valence-corrected chi connectivity index (χ0v) is 15.3. The molecule has 0 saturated carbocycles. The number of aryl methyl sites for hydroxylation is 1. The minimum Gasteiger partial charge on any atom is -0.461 e. The summed E-state index contributed by atoms with van der Waals surface area (Å²) in [4.78, 5) is 11.4. The Balaban J connectivity index is 2.01. The van der Waals surface area contributed by atoms with Crippen LogP contribution in [0, 0.1) is 11.8 Å². The fourth-order valence-corrected chi connectivity index (χ4v) is 4.26. The van der Waals surface area contributed by atoms with Crippen molar-refractivity contribution >= 4 is 14.3 Å². The maximum atomic E-state index is 11.4. The summed E-state index contributed by atoms with van der Waals surface area (Å²) in [5.74, 6) is 0.161. The average molecular weight is 321 g/mol. The van der Waals surface area contributed by atoms with E-state index < -0.39 is 8.32 Å². The van der Waals surface area contributed by atoms with Crippen LogP contribution in [0.25, 0.3) is 0 Å². The molecule has 1 fully saturated rings. The van der Waals surface area contributed by atoms with Crippen LogP contribution in [-0.2, 0) is 20.4 Å². The van der Waals surface area contributed by atoms with Crippen LogP contribution in [0.3, 0.4) is 0 Å². The third-order valence-corrected chi connectivity index (χ3v) is 5.30. The van der Waals surface area contributed by atoms with E-state index in [4.69, 9.17) is 9.16 Å². The summed E-state index contributed by atoms with van der Waals surface area (Å²) >= 11 is 0.